The highest BCUT2D eigenvalue weighted by atomic mass is 32.2. The van der Waals surface area contributed by atoms with Crippen LogP contribution in [-0.4, -0.2) is 36.1 Å². The average molecular weight is 244 g/mol. The van der Waals surface area contributed by atoms with Crippen molar-refractivity contribution >= 4 is 22.9 Å². The van der Waals surface area contributed by atoms with E-state index in [0.29, 0.717) is 13.0 Å². The Morgan fingerprint density at radius 3 is 3.06 bits per heavy atom. The second-order valence-corrected chi connectivity index (χ2v) is 5.23. The van der Waals surface area contributed by atoms with E-state index in [1.54, 1.807) is 11.8 Å². The number of aliphatic imine (C=N–C) groups is 1. The number of carbonyl (C=O) groups is 1. The lowest BCUT2D eigenvalue weighted by Gasteiger charge is -2.35. The van der Waals surface area contributed by atoms with E-state index in [4.69, 9.17) is 0 Å². The number of esters is 1. The molecule has 5 heteroatoms. The van der Waals surface area contributed by atoms with Crippen molar-refractivity contribution in [2.45, 2.75) is 38.6 Å². The Kier molecular flexibility index (Phi) is 5.12. The summed E-state index contributed by atoms with van der Waals surface area (Å²) in [5.74, 6) is 0.886. The third-order valence-corrected chi connectivity index (χ3v) is 3.79. The second kappa shape index (κ2) is 6.13. The van der Waals surface area contributed by atoms with Gasteiger partial charge in [-0.25, -0.2) is 0 Å². The van der Waals surface area contributed by atoms with Gasteiger partial charge in [-0.15, -0.1) is 0 Å². The van der Waals surface area contributed by atoms with Crippen molar-refractivity contribution < 1.29 is 9.53 Å². The summed E-state index contributed by atoms with van der Waals surface area (Å²) in [5, 5.41) is 4.39. The molecule has 0 aromatic rings. The Morgan fingerprint density at radius 2 is 2.44 bits per heavy atom. The van der Waals surface area contributed by atoms with Crippen LogP contribution in [0.25, 0.3) is 0 Å². The van der Waals surface area contributed by atoms with Crippen molar-refractivity contribution in [3.05, 3.63) is 0 Å². The van der Waals surface area contributed by atoms with E-state index in [1.807, 2.05) is 0 Å². The molecule has 0 saturated carbocycles. The molecule has 0 spiro atoms. The average Bonchev–Trinajstić information content (AvgIpc) is 2.29. The number of ether oxygens (including phenoxy) is 1. The lowest BCUT2D eigenvalue weighted by Crippen LogP contribution is -2.48. The van der Waals surface area contributed by atoms with Crippen molar-refractivity contribution in [1.82, 2.24) is 5.32 Å². The first-order valence-corrected chi connectivity index (χ1v) is 6.60. The fourth-order valence-corrected chi connectivity index (χ4v) is 2.68. The Balaban J connectivity index is 2.41. The SMILES string of the molecule is CCC1(C)CCSC(=NCCC(=O)OC)N1. The van der Waals surface area contributed by atoms with E-state index in [9.17, 15) is 4.79 Å². The Hall–Kier alpha value is -0.710. The Morgan fingerprint density at radius 1 is 1.69 bits per heavy atom. The summed E-state index contributed by atoms with van der Waals surface area (Å²) in [6.45, 7) is 4.89. The second-order valence-electron chi connectivity index (χ2n) is 4.15. The maximum atomic E-state index is 10.9. The smallest absolute Gasteiger partial charge is 0.307 e. The summed E-state index contributed by atoms with van der Waals surface area (Å²) in [5.41, 5.74) is 0.162. The molecule has 1 aliphatic rings. The van der Waals surface area contributed by atoms with Gasteiger partial charge in [-0.1, -0.05) is 18.7 Å². The lowest BCUT2D eigenvalue weighted by molar-refractivity contribution is -0.140. The highest BCUT2D eigenvalue weighted by Crippen LogP contribution is 2.24. The van der Waals surface area contributed by atoms with Crippen molar-refractivity contribution in [2.24, 2.45) is 4.99 Å². The van der Waals surface area contributed by atoms with Crippen LogP contribution in [0.15, 0.2) is 4.99 Å². The topological polar surface area (TPSA) is 50.7 Å². The zero-order valence-corrected chi connectivity index (χ0v) is 11.0. The third kappa shape index (κ3) is 4.04. The first-order valence-electron chi connectivity index (χ1n) is 5.62. The summed E-state index contributed by atoms with van der Waals surface area (Å²) < 4.78 is 4.57. The molecule has 0 aromatic heterocycles. The fourth-order valence-electron chi connectivity index (χ4n) is 1.43. The number of nitrogens with one attached hydrogen (secondary N) is 1. The first-order chi connectivity index (χ1) is 7.59. The van der Waals surface area contributed by atoms with Crippen LogP contribution in [0.5, 0.6) is 0 Å². The summed E-state index contributed by atoms with van der Waals surface area (Å²) in [7, 11) is 1.40. The van der Waals surface area contributed by atoms with Gasteiger partial charge in [0.05, 0.1) is 20.1 Å². The van der Waals surface area contributed by atoms with E-state index < -0.39 is 0 Å². The highest BCUT2D eigenvalue weighted by molar-refractivity contribution is 8.13. The summed E-state index contributed by atoms with van der Waals surface area (Å²) in [6.07, 6.45) is 2.60. The number of methoxy groups -OCH3 is 1. The largest absolute Gasteiger partial charge is 0.469 e. The first kappa shape index (κ1) is 13.4. The molecule has 0 aliphatic carbocycles. The molecule has 0 amide bonds. The highest BCUT2D eigenvalue weighted by Gasteiger charge is 2.27. The predicted molar refractivity (Wildman–Crippen MR) is 67.8 cm³/mol. The van der Waals surface area contributed by atoms with Gasteiger partial charge in [0.2, 0.25) is 0 Å². The van der Waals surface area contributed by atoms with Crippen molar-refractivity contribution in [2.75, 3.05) is 19.4 Å². The molecule has 1 fully saturated rings. The number of thioether (sulfide) groups is 1. The molecule has 0 aromatic carbocycles. The van der Waals surface area contributed by atoms with E-state index in [-0.39, 0.29) is 11.5 Å². The van der Waals surface area contributed by atoms with Gasteiger partial charge in [0, 0.05) is 11.3 Å². The molecule has 92 valence electrons. The van der Waals surface area contributed by atoms with Gasteiger partial charge in [0.25, 0.3) is 0 Å². The molecule has 1 rings (SSSR count). The van der Waals surface area contributed by atoms with Crippen LogP contribution in [0.4, 0.5) is 0 Å². The van der Waals surface area contributed by atoms with Crippen LogP contribution in [-0.2, 0) is 9.53 Å². The standard InChI is InChI=1S/C11H20N2O2S/c1-4-11(2)6-8-16-10(13-11)12-7-5-9(14)15-3/h4-8H2,1-3H3,(H,12,13). The van der Waals surface area contributed by atoms with E-state index in [1.165, 1.54) is 7.11 Å². The van der Waals surface area contributed by atoms with Crippen molar-refractivity contribution in [3.8, 4) is 0 Å². The van der Waals surface area contributed by atoms with Gasteiger partial charge >= 0.3 is 5.97 Å². The fraction of sp³-hybridized carbons (Fsp3) is 0.818. The Labute approximate surface area is 101 Å². The van der Waals surface area contributed by atoms with Crippen LogP contribution in [0.2, 0.25) is 0 Å². The zero-order valence-electron chi connectivity index (χ0n) is 10.2. The van der Waals surface area contributed by atoms with Crippen LogP contribution in [0.1, 0.15) is 33.1 Å². The summed E-state index contributed by atoms with van der Waals surface area (Å²) in [6, 6.07) is 0. The predicted octanol–water partition coefficient (Wildman–Crippen LogP) is 1.80. The third-order valence-electron chi connectivity index (χ3n) is 2.88. The molecular formula is C11H20N2O2S. The van der Waals surface area contributed by atoms with Crippen LogP contribution in [0, 0.1) is 0 Å². The monoisotopic (exact) mass is 244 g/mol. The van der Waals surface area contributed by atoms with E-state index >= 15 is 0 Å². The summed E-state index contributed by atoms with van der Waals surface area (Å²) >= 11 is 1.73. The zero-order chi connectivity index (χ0) is 12.0. The minimum atomic E-state index is -0.205. The normalized spacial score (nSPS) is 27.6. The molecule has 1 saturated heterocycles. The van der Waals surface area contributed by atoms with Crippen LogP contribution in [0.3, 0.4) is 0 Å². The number of amidine groups is 1. The number of carbonyl (C=O) groups excluding carboxylic acids is 1. The van der Waals surface area contributed by atoms with Gasteiger partial charge < -0.3 is 10.1 Å². The maximum absolute atomic E-state index is 10.9. The van der Waals surface area contributed by atoms with Gasteiger partial charge in [-0.3, -0.25) is 9.79 Å². The van der Waals surface area contributed by atoms with Gasteiger partial charge in [0.15, 0.2) is 5.17 Å². The molecule has 1 heterocycles. The minimum absolute atomic E-state index is 0.162. The maximum Gasteiger partial charge on any atom is 0.307 e. The minimum Gasteiger partial charge on any atom is -0.469 e. The van der Waals surface area contributed by atoms with Crippen LogP contribution < -0.4 is 5.32 Å². The molecule has 1 N–H and O–H groups in total. The number of nitrogens with zero attached hydrogens (tertiary/aromatic N) is 1. The molecule has 16 heavy (non-hydrogen) atoms. The van der Waals surface area contributed by atoms with Crippen LogP contribution >= 0.6 is 11.8 Å². The molecular weight excluding hydrogens is 224 g/mol. The number of hydrogen-bond donors (Lipinski definition) is 1. The molecule has 1 atom stereocenters. The lowest BCUT2D eigenvalue weighted by atomic mass is 9.96. The van der Waals surface area contributed by atoms with Crippen molar-refractivity contribution in [3.63, 3.8) is 0 Å². The quantitative estimate of drug-likeness (QED) is 0.766. The van der Waals surface area contributed by atoms with Gasteiger partial charge in [0.1, 0.15) is 0 Å². The summed E-state index contributed by atoms with van der Waals surface area (Å²) in [4.78, 5) is 15.3. The van der Waals surface area contributed by atoms with Gasteiger partial charge in [-0.2, -0.15) is 0 Å². The van der Waals surface area contributed by atoms with Gasteiger partial charge in [-0.05, 0) is 19.8 Å². The number of hydrogen-bond acceptors (Lipinski definition) is 4. The molecule has 4 nitrogen and oxygen atoms in total. The number of rotatable bonds is 4. The molecule has 1 unspecified atom stereocenters. The molecule has 1 aliphatic heterocycles. The Bertz CT molecular complexity index is 281. The molecule has 0 radical (unpaired) electrons. The molecule has 0 bridgehead atoms. The van der Waals surface area contributed by atoms with E-state index in [0.717, 1.165) is 23.8 Å². The van der Waals surface area contributed by atoms with E-state index in [2.05, 4.69) is 28.9 Å². The van der Waals surface area contributed by atoms with Crippen molar-refractivity contribution in [1.29, 1.82) is 0 Å².